The lowest BCUT2D eigenvalue weighted by Gasteiger charge is -2.14. The summed E-state index contributed by atoms with van der Waals surface area (Å²) in [7, 11) is 0. The third kappa shape index (κ3) is 4.65. The molecule has 0 N–H and O–H groups in total. The molecule has 1 saturated carbocycles. The molecule has 182 valence electrons. The van der Waals surface area contributed by atoms with E-state index in [1.54, 1.807) is 0 Å². The Morgan fingerprint density at radius 2 is 1.61 bits per heavy atom. The van der Waals surface area contributed by atoms with Gasteiger partial charge in [-0.1, -0.05) is 81.8 Å². The molecule has 1 aliphatic rings. The molecule has 3 aromatic carbocycles. The van der Waals surface area contributed by atoms with Crippen molar-refractivity contribution in [3.8, 4) is 22.5 Å². The van der Waals surface area contributed by atoms with Crippen molar-refractivity contribution in [2.75, 3.05) is 6.61 Å². The van der Waals surface area contributed by atoms with Crippen LogP contribution in [0.4, 0.5) is 0 Å². The van der Waals surface area contributed by atoms with Crippen LogP contribution in [0.5, 0.6) is 0 Å². The van der Waals surface area contributed by atoms with Crippen LogP contribution in [-0.2, 0) is 21.4 Å². The third-order valence-electron chi connectivity index (χ3n) is 6.80. The molecule has 0 atom stereocenters. The number of carbonyl (C=O) groups is 2. The molecule has 1 aliphatic carbocycles. The van der Waals surface area contributed by atoms with Crippen LogP contribution in [0.3, 0.4) is 0 Å². The average molecular weight is 544 g/mol. The molecule has 36 heavy (non-hydrogen) atoms. The Hall–Kier alpha value is -3.51. The van der Waals surface area contributed by atoms with Crippen LogP contribution in [0.15, 0.2) is 81.8 Å². The summed E-state index contributed by atoms with van der Waals surface area (Å²) in [5.74, 6) is 0.498. The van der Waals surface area contributed by atoms with Crippen molar-refractivity contribution in [2.45, 2.75) is 38.5 Å². The summed E-state index contributed by atoms with van der Waals surface area (Å²) in [6.45, 7) is 4.09. The highest BCUT2D eigenvalue weighted by molar-refractivity contribution is 9.10. The Morgan fingerprint density at radius 3 is 2.22 bits per heavy atom. The van der Waals surface area contributed by atoms with Gasteiger partial charge in [0.1, 0.15) is 0 Å². The van der Waals surface area contributed by atoms with Crippen molar-refractivity contribution in [3.05, 3.63) is 99.7 Å². The lowest BCUT2D eigenvalue weighted by molar-refractivity contribution is -0.146. The van der Waals surface area contributed by atoms with Crippen molar-refractivity contribution >= 4 is 27.7 Å². The van der Waals surface area contributed by atoms with Crippen molar-refractivity contribution in [1.29, 1.82) is 0 Å². The highest BCUT2D eigenvalue weighted by Gasteiger charge is 2.52. The second kappa shape index (κ2) is 9.86. The molecule has 0 spiro atoms. The minimum Gasteiger partial charge on any atom is -0.465 e. The number of aryl methyl sites for hydroxylation is 1. The predicted octanol–water partition coefficient (Wildman–Crippen LogP) is 7.10. The van der Waals surface area contributed by atoms with Gasteiger partial charge in [-0.2, -0.15) is 0 Å². The molecule has 4 aromatic rings. The Balaban J connectivity index is 1.35. The number of halogens is 1. The van der Waals surface area contributed by atoms with Gasteiger partial charge in [0, 0.05) is 27.6 Å². The summed E-state index contributed by atoms with van der Waals surface area (Å²) >= 11 is 3.43. The van der Waals surface area contributed by atoms with Gasteiger partial charge in [-0.15, -0.1) is 0 Å². The van der Waals surface area contributed by atoms with E-state index >= 15 is 0 Å². The Bertz CT molecular complexity index is 1420. The molecule has 5 nitrogen and oxygen atoms in total. The highest BCUT2D eigenvalue weighted by atomic mass is 79.9. The number of hydrogen-bond acceptors (Lipinski definition) is 5. The molecule has 6 heteroatoms. The van der Waals surface area contributed by atoms with Crippen molar-refractivity contribution in [2.24, 2.45) is 0 Å². The minimum absolute atomic E-state index is 0.0109. The van der Waals surface area contributed by atoms with Crippen LogP contribution in [0, 0.1) is 6.92 Å². The molecule has 0 bridgehead atoms. The predicted molar refractivity (Wildman–Crippen MR) is 142 cm³/mol. The van der Waals surface area contributed by atoms with Crippen LogP contribution in [0.2, 0.25) is 0 Å². The molecule has 0 radical (unpaired) electrons. The number of benzene rings is 3. The molecule has 0 aliphatic heterocycles. The van der Waals surface area contributed by atoms with Crippen LogP contribution >= 0.6 is 15.9 Å². The normalized spacial score (nSPS) is 13.9. The number of esters is 1. The quantitative estimate of drug-likeness (QED) is 0.175. The van der Waals surface area contributed by atoms with Gasteiger partial charge in [0.25, 0.3) is 0 Å². The molecular formula is C30H26BrNO4. The van der Waals surface area contributed by atoms with Crippen LogP contribution in [0.1, 0.15) is 46.9 Å². The standard InChI is InChI=1S/C30H26BrNO4/c1-3-35-29(34)30(15-16-30)24-13-11-21(12-14-24)20-7-9-22(10-8-20)28-26(19(2)32-36-28)18-27(33)23-5-4-6-25(31)17-23/h4-14,17H,3,15-16,18H2,1-2H3. The van der Waals surface area contributed by atoms with Crippen molar-refractivity contribution in [1.82, 2.24) is 5.16 Å². The van der Waals surface area contributed by atoms with Gasteiger partial charge in [-0.3, -0.25) is 9.59 Å². The minimum atomic E-state index is -0.466. The van der Waals surface area contributed by atoms with Gasteiger partial charge >= 0.3 is 5.97 Å². The first kappa shape index (κ1) is 24.2. The maximum atomic E-state index is 12.9. The number of ether oxygens (including phenoxy) is 1. The number of Topliss-reactive ketones (excluding diaryl/α,β-unsaturated/α-hetero) is 1. The Kier molecular flexibility index (Phi) is 6.63. The zero-order valence-corrected chi connectivity index (χ0v) is 21.8. The zero-order valence-electron chi connectivity index (χ0n) is 20.2. The fourth-order valence-electron chi connectivity index (χ4n) is 4.55. The zero-order chi connectivity index (χ0) is 25.3. The average Bonchev–Trinajstić information content (AvgIpc) is 3.63. The first-order valence-corrected chi connectivity index (χ1v) is 12.8. The monoisotopic (exact) mass is 543 g/mol. The van der Waals surface area contributed by atoms with Gasteiger partial charge in [0.05, 0.1) is 17.7 Å². The molecule has 1 heterocycles. The summed E-state index contributed by atoms with van der Waals surface area (Å²) < 4.78 is 11.8. The summed E-state index contributed by atoms with van der Waals surface area (Å²) in [6, 6.07) is 23.6. The topological polar surface area (TPSA) is 69.4 Å². The Morgan fingerprint density at radius 1 is 0.972 bits per heavy atom. The number of nitrogens with zero attached hydrogens (tertiary/aromatic N) is 1. The second-order valence-electron chi connectivity index (χ2n) is 9.14. The van der Waals surface area contributed by atoms with E-state index < -0.39 is 5.41 Å². The van der Waals surface area contributed by atoms with Crippen LogP contribution in [0.25, 0.3) is 22.5 Å². The lowest BCUT2D eigenvalue weighted by atomic mass is 9.93. The van der Waals surface area contributed by atoms with E-state index in [1.807, 2.05) is 86.6 Å². The van der Waals surface area contributed by atoms with E-state index in [-0.39, 0.29) is 18.2 Å². The van der Waals surface area contributed by atoms with E-state index in [0.29, 0.717) is 23.6 Å². The summed E-state index contributed by atoms with van der Waals surface area (Å²) in [5, 5.41) is 4.13. The van der Waals surface area contributed by atoms with E-state index in [0.717, 1.165) is 45.1 Å². The first-order chi connectivity index (χ1) is 17.4. The van der Waals surface area contributed by atoms with E-state index in [9.17, 15) is 9.59 Å². The maximum Gasteiger partial charge on any atom is 0.316 e. The van der Waals surface area contributed by atoms with Gasteiger partial charge in [0.15, 0.2) is 11.5 Å². The van der Waals surface area contributed by atoms with E-state index in [2.05, 4.69) is 21.1 Å². The molecular weight excluding hydrogens is 518 g/mol. The smallest absolute Gasteiger partial charge is 0.316 e. The van der Waals surface area contributed by atoms with E-state index in [1.165, 1.54) is 0 Å². The van der Waals surface area contributed by atoms with Crippen molar-refractivity contribution in [3.63, 3.8) is 0 Å². The molecule has 5 rings (SSSR count). The van der Waals surface area contributed by atoms with Crippen molar-refractivity contribution < 1.29 is 18.8 Å². The number of hydrogen-bond donors (Lipinski definition) is 0. The molecule has 1 fully saturated rings. The molecule has 0 saturated heterocycles. The van der Waals surface area contributed by atoms with Gasteiger partial charge in [-0.05, 0) is 55.5 Å². The Labute approximate surface area is 218 Å². The van der Waals surface area contributed by atoms with Gasteiger partial charge in [-0.25, -0.2) is 0 Å². The van der Waals surface area contributed by atoms with Crippen LogP contribution < -0.4 is 0 Å². The fraction of sp³-hybridized carbons (Fsp3) is 0.233. The number of aromatic nitrogens is 1. The molecule has 0 unspecified atom stereocenters. The number of rotatable bonds is 8. The summed E-state index contributed by atoms with van der Waals surface area (Å²) in [5.41, 5.74) is 5.68. The van der Waals surface area contributed by atoms with Gasteiger partial charge in [0.2, 0.25) is 0 Å². The SMILES string of the molecule is CCOC(=O)C1(c2ccc(-c3ccc(-c4onc(C)c4CC(=O)c4cccc(Br)c4)cc3)cc2)CC1. The number of ketones is 1. The third-order valence-corrected chi connectivity index (χ3v) is 7.30. The first-order valence-electron chi connectivity index (χ1n) is 12.0. The van der Waals surface area contributed by atoms with E-state index in [4.69, 9.17) is 9.26 Å². The van der Waals surface area contributed by atoms with Gasteiger partial charge < -0.3 is 9.26 Å². The molecule has 1 aromatic heterocycles. The molecule has 0 amide bonds. The summed E-state index contributed by atoms with van der Waals surface area (Å²) in [6.07, 6.45) is 1.89. The summed E-state index contributed by atoms with van der Waals surface area (Å²) in [4.78, 5) is 25.3. The fourth-order valence-corrected chi connectivity index (χ4v) is 4.95. The highest BCUT2D eigenvalue weighted by Crippen LogP contribution is 2.49. The lowest BCUT2D eigenvalue weighted by Crippen LogP contribution is -2.23. The number of carbonyl (C=O) groups excluding carboxylic acids is 2. The second-order valence-corrected chi connectivity index (χ2v) is 10.1. The maximum absolute atomic E-state index is 12.9. The van der Waals surface area contributed by atoms with Crippen LogP contribution in [-0.4, -0.2) is 23.5 Å². The largest absolute Gasteiger partial charge is 0.465 e.